The second-order valence-electron chi connectivity index (χ2n) is 7.51. The van der Waals surface area contributed by atoms with Crippen molar-refractivity contribution in [3.8, 4) is 11.5 Å². The number of amides is 2. The van der Waals surface area contributed by atoms with Crippen molar-refractivity contribution in [2.24, 2.45) is 5.10 Å². The number of hydrazone groups is 1. The third kappa shape index (κ3) is 7.32. The van der Waals surface area contributed by atoms with Crippen molar-refractivity contribution in [1.29, 1.82) is 0 Å². The monoisotopic (exact) mass is 563 g/mol. The van der Waals surface area contributed by atoms with Gasteiger partial charge in [0.25, 0.3) is 11.8 Å². The molecule has 0 aliphatic heterocycles. The predicted molar refractivity (Wildman–Crippen MR) is 133 cm³/mol. The molecule has 0 saturated heterocycles. The zero-order valence-electron chi connectivity index (χ0n) is 19.2. The van der Waals surface area contributed by atoms with E-state index in [0.29, 0.717) is 21.5 Å². The van der Waals surface area contributed by atoms with Gasteiger partial charge in [-0.1, -0.05) is 23.8 Å². The lowest BCUT2D eigenvalue weighted by Crippen LogP contribution is -2.20. The minimum atomic E-state index is -4.56. The molecule has 0 aromatic heterocycles. The van der Waals surface area contributed by atoms with Gasteiger partial charge in [0.2, 0.25) is 0 Å². The maximum Gasteiger partial charge on any atom is 0.416 e. The van der Waals surface area contributed by atoms with Gasteiger partial charge in [0.15, 0.2) is 18.1 Å². The van der Waals surface area contributed by atoms with Gasteiger partial charge in [-0.05, 0) is 65.3 Å². The van der Waals surface area contributed by atoms with Crippen LogP contribution in [0.4, 0.5) is 18.9 Å². The highest BCUT2D eigenvalue weighted by molar-refractivity contribution is 9.10. The van der Waals surface area contributed by atoms with Crippen LogP contribution in [0, 0.1) is 6.92 Å². The number of ether oxygens (including phenoxy) is 2. The molecule has 3 aromatic carbocycles. The molecule has 3 aromatic rings. The highest BCUT2D eigenvalue weighted by Crippen LogP contribution is 2.33. The zero-order valence-corrected chi connectivity index (χ0v) is 20.7. The molecular formula is C25H21BrF3N3O4. The number of carbonyl (C=O) groups excluding carboxylic acids is 2. The molecular weight excluding hydrogens is 543 g/mol. The summed E-state index contributed by atoms with van der Waals surface area (Å²) in [6.07, 6.45) is -3.28. The second kappa shape index (κ2) is 11.7. The Morgan fingerprint density at radius 1 is 1.06 bits per heavy atom. The number of carbonyl (C=O) groups is 2. The van der Waals surface area contributed by atoms with Crippen LogP contribution >= 0.6 is 15.9 Å². The van der Waals surface area contributed by atoms with Crippen molar-refractivity contribution < 1.29 is 32.2 Å². The Morgan fingerprint density at radius 2 is 1.78 bits per heavy atom. The van der Waals surface area contributed by atoms with E-state index in [2.05, 4.69) is 31.8 Å². The summed E-state index contributed by atoms with van der Waals surface area (Å²) in [6, 6.07) is 14.4. The second-order valence-corrected chi connectivity index (χ2v) is 8.36. The van der Waals surface area contributed by atoms with Crippen molar-refractivity contribution in [3.63, 3.8) is 0 Å². The van der Waals surface area contributed by atoms with Crippen LogP contribution in [0.25, 0.3) is 0 Å². The van der Waals surface area contributed by atoms with E-state index in [1.807, 2.05) is 19.1 Å². The fourth-order valence-corrected chi connectivity index (χ4v) is 3.39. The summed E-state index contributed by atoms with van der Waals surface area (Å²) < 4.78 is 50.0. The van der Waals surface area contributed by atoms with Crippen LogP contribution < -0.4 is 20.2 Å². The van der Waals surface area contributed by atoms with Crippen LogP contribution in [-0.4, -0.2) is 31.7 Å². The molecule has 0 spiro atoms. The van der Waals surface area contributed by atoms with Crippen LogP contribution in [-0.2, 0) is 11.0 Å². The minimum Gasteiger partial charge on any atom is -0.493 e. The average molecular weight is 564 g/mol. The molecule has 0 radical (unpaired) electrons. The van der Waals surface area contributed by atoms with Crippen molar-refractivity contribution in [1.82, 2.24) is 5.43 Å². The number of methoxy groups -OCH3 is 1. The molecule has 188 valence electrons. The fraction of sp³-hybridized carbons (Fsp3) is 0.160. The number of hydrogen-bond donors (Lipinski definition) is 2. The number of halogens is 4. The highest BCUT2D eigenvalue weighted by atomic mass is 79.9. The number of nitrogens with zero attached hydrogens (tertiary/aromatic N) is 1. The van der Waals surface area contributed by atoms with Gasteiger partial charge in [0, 0.05) is 21.3 Å². The lowest BCUT2D eigenvalue weighted by atomic mass is 10.1. The summed E-state index contributed by atoms with van der Waals surface area (Å²) >= 11 is 3.36. The van der Waals surface area contributed by atoms with E-state index in [-0.39, 0.29) is 23.8 Å². The summed E-state index contributed by atoms with van der Waals surface area (Å²) in [5.41, 5.74) is 3.25. The Hall–Kier alpha value is -3.86. The van der Waals surface area contributed by atoms with Gasteiger partial charge in [0.1, 0.15) is 0 Å². The standard InChI is InChI=1S/C25H21BrF3N3O4/c1-15-6-8-19(9-7-15)31-23(33)14-36-22-12-20(26)17(11-21(22)35-2)13-30-32-24(34)16-4-3-5-18(10-16)25(27,28)29/h3-13H,14H2,1-2H3,(H,31,33)(H,32,34)/b30-13-. The first-order chi connectivity index (χ1) is 17.1. The van der Waals surface area contributed by atoms with Crippen LogP contribution in [0.2, 0.25) is 0 Å². The molecule has 0 saturated carbocycles. The quantitative estimate of drug-likeness (QED) is 0.277. The van der Waals surface area contributed by atoms with E-state index < -0.39 is 17.6 Å². The lowest BCUT2D eigenvalue weighted by molar-refractivity contribution is -0.137. The Balaban J connectivity index is 1.63. The van der Waals surface area contributed by atoms with Crippen molar-refractivity contribution in [2.45, 2.75) is 13.1 Å². The predicted octanol–water partition coefficient (Wildman–Crippen LogP) is 5.57. The largest absolute Gasteiger partial charge is 0.493 e. The third-order valence-corrected chi connectivity index (χ3v) is 5.49. The van der Waals surface area contributed by atoms with Gasteiger partial charge in [0.05, 0.1) is 18.9 Å². The van der Waals surface area contributed by atoms with Gasteiger partial charge in [-0.25, -0.2) is 5.43 Å². The van der Waals surface area contributed by atoms with Gasteiger partial charge in [-0.15, -0.1) is 0 Å². The molecule has 2 N–H and O–H groups in total. The van der Waals surface area contributed by atoms with Gasteiger partial charge in [-0.3, -0.25) is 9.59 Å². The summed E-state index contributed by atoms with van der Waals surface area (Å²) in [5, 5.41) is 6.53. The van der Waals surface area contributed by atoms with Gasteiger partial charge in [-0.2, -0.15) is 18.3 Å². The summed E-state index contributed by atoms with van der Waals surface area (Å²) in [6.45, 7) is 1.68. The van der Waals surface area contributed by atoms with E-state index in [9.17, 15) is 22.8 Å². The number of aryl methyl sites for hydroxylation is 1. The zero-order chi connectivity index (χ0) is 26.3. The minimum absolute atomic E-state index is 0.189. The number of alkyl halides is 3. The number of nitrogens with one attached hydrogen (secondary N) is 2. The number of benzene rings is 3. The van der Waals surface area contributed by atoms with Crippen molar-refractivity contribution >= 4 is 39.6 Å². The first kappa shape index (κ1) is 26.7. The summed E-state index contributed by atoms with van der Waals surface area (Å²) in [4.78, 5) is 24.4. The Bertz CT molecular complexity index is 1280. The van der Waals surface area contributed by atoms with Crippen LogP contribution in [0.5, 0.6) is 11.5 Å². The maximum atomic E-state index is 12.9. The van der Waals surface area contributed by atoms with E-state index >= 15 is 0 Å². The molecule has 0 atom stereocenters. The Labute approximate surface area is 213 Å². The highest BCUT2D eigenvalue weighted by Gasteiger charge is 2.30. The van der Waals surface area contributed by atoms with Crippen LogP contribution in [0.1, 0.15) is 27.0 Å². The molecule has 0 fully saturated rings. The molecule has 11 heteroatoms. The van der Waals surface area contributed by atoms with E-state index in [1.54, 1.807) is 24.3 Å². The van der Waals surface area contributed by atoms with Gasteiger partial charge < -0.3 is 14.8 Å². The SMILES string of the molecule is COc1cc(/C=N\NC(=O)c2cccc(C(F)(F)F)c2)c(Br)cc1OCC(=O)Nc1ccc(C)cc1. The Kier molecular flexibility index (Phi) is 8.70. The average Bonchev–Trinajstić information content (AvgIpc) is 2.84. The van der Waals surface area contributed by atoms with E-state index in [4.69, 9.17) is 9.47 Å². The van der Waals surface area contributed by atoms with Crippen LogP contribution in [0.3, 0.4) is 0 Å². The van der Waals surface area contributed by atoms with Crippen LogP contribution in [0.15, 0.2) is 70.2 Å². The van der Waals surface area contributed by atoms with Gasteiger partial charge >= 0.3 is 6.18 Å². The summed E-state index contributed by atoms with van der Waals surface area (Å²) in [7, 11) is 1.42. The Morgan fingerprint density at radius 3 is 2.44 bits per heavy atom. The summed E-state index contributed by atoms with van der Waals surface area (Å²) in [5.74, 6) is -0.583. The van der Waals surface area contributed by atoms with Crippen molar-refractivity contribution in [3.05, 3.63) is 87.4 Å². The molecule has 36 heavy (non-hydrogen) atoms. The maximum absolute atomic E-state index is 12.9. The molecule has 7 nitrogen and oxygen atoms in total. The normalized spacial score (nSPS) is 11.3. The van der Waals surface area contributed by atoms with Crippen molar-refractivity contribution in [2.75, 3.05) is 19.0 Å². The molecule has 3 rings (SSSR count). The van der Waals surface area contributed by atoms with E-state index in [1.165, 1.54) is 19.4 Å². The molecule has 0 bridgehead atoms. The third-order valence-electron chi connectivity index (χ3n) is 4.80. The molecule has 0 heterocycles. The fourth-order valence-electron chi connectivity index (χ4n) is 2.96. The molecule has 0 unspecified atom stereocenters. The smallest absolute Gasteiger partial charge is 0.416 e. The lowest BCUT2D eigenvalue weighted by Gasteiger charge is -2.13. The molecule has 0 aliphatic carbocycles. The molecule has 2 amide bonds. The first-order valence-corrected chi connectivity index (χ1v) is 11.2. The number of rotatable bonds is 8. The topological polar surface area (TPSA) is 89.0 Å². The number of hydrogen-bond acceptors (Lipinski definition) is 5. The van der Waals surface area contributed by atoms with E-state index in [0.717, 1.165) is 23.8 Å². The molecule has 0 aliphatic rings. The number of anilines is 1. The first-order valence-electron chi connectivity index (χ1n) is 10.4.